The largest absolute Gasteiger partial charge is 0.250 e. The standard InChI is InChI=1S/C9H14BN3/c1-6-7(5-11)13(9(2,3)4)12-8(6)10/h10H2,1-4H3. The van der Waals surface area contributed by atoms with Crippen molar-refractivity contribution >= 4 is 13.4 Å². The highest BCUT2D eigenvalue weighted by Gasteiger charge is 2.20. The molecule has 0 aliphatic rings. The minimum Gasteiger partial charge on any atom is -0.250 e. The lowest BCUT2D eigenvalue weighted by Crippen LogP contribution is -2.26. The number of hydrogen-bond acceptors (Lipinski definition) is 2. The predicted molar refractivity (Wildman–Crippen MR) is 54.9 cm³/mol. The van der Waals surface area contributed by atoms with Gasteiger partial charge in [0.05, 0.1) is 5.54 Å². The number of aromatic nitrogens is 2. The molecule has 1 aromatic rings. The monoisotopic (exact) mass is 175 g/mol. The van der Waals surface area contributed by atoms with Crippen LogP contribution >= 0.6 is 0 Å². The molecule has 0 N–H and O–H groups in total. The second-order valence-corrected chi connectivity index (χ2v) is 4.25. The average Bonchev–Trinajstić information content (AvgIpc) is 2.28. The van der Waals surface area contributed by atoms with Crippen LogP contribution in [0.15, 0.2) is 0 Å². The van der Waals surface area contributed by atoms with Gasteiger partial charge in [0.25, 0.3) is 0 Å². The quantitative estimate of drug-likeness (QED) is 0.524. The van der Waals surface area contributed by atoms with E-state index in [2.05, 4.69) is 11.2 Å². The van der Waals surface area contributed by atoms with Crippen LogP contribution in [-0.2, 0) is 5.54 Å². The highest BCUT2D eigenvalue weighted by atomic mass is 15.3. The van der Waals surface area contributed by atoms with Crippen molar-refractivity contribution in [2.75, 3.05) is 0 Å². The van der Waals surface area contributed by atoms with Gasteiger partial charge in [-0.2, -0.15) is 10.4 Å². The van der Waals surface area contributed by atoms with E-state index in [0.29, 0.717) is 5.69 Å². The maximum atomic E-state index is 8.97. The van der Waals surface area contributed by atoms with E-state index in [0.717, 1.165) is 11.2 Å². The lowest BCUT2D eigenvalue weighted by molar-refractivity contribution is 0.353. The summed E-state index contributed by atoms with van der Waals surface area (Å²) in [6.07, 6.45) is 0. The molecule has 0 atom stereocenters. The second kappa shape index (κ2) is 2.92. The fraction of sp³-hybridized carbons (Fsp3) is 0.556. The molecule has 1 heterocycles. The summed E-state index contributed by atoms with van der Waals surface area (Å²) >= 11 is 0. The van der Waals surface area contributed by atoms with E-state index in [1.54, 1.807) is 4.68 Å². The van der Waals surface area contributed by atoms with Gasteiger partial charge in [-0.05, 0) is 33.3 Å². The van der Waals surface area contributed by atoms with Crippen molar-refractivity contribution in [2.45, 2.75) is 33.2 Å². The van der Waals surface area contributed by atoms with Crippen LogP contribution in [0.3, 0.4) is 0 Å². The number of nitriles is 1. The normalized spacial score (nSPS) is 11.3. The van der Waals surface area contributed by atoms with E-state index in [1.807, 2.05) is 35.5 Å². The Labute approximate surface area is 79.8 Å². The van der Waals surface area contributed by atoms with Gasteiger partial charge in [-0.25, -0.2) is 4.68 Å². The van der Waals surface area contributed by atoms with E-state index in [9.17, 15) is 0 Å². The zero-order chi connectivity index (χ0) is 10.2. The number of nitrogens with zero attached hydrogens (tertiary/aromatic N) is 3. The van der Waals surface area contributed by atoms with Crippen LogP contribution in [-0.4, -0.2) is 17.6 Å². The first-order valence-corrected chi connectivity index (χ1v) is 4.34. The molecule has 0 amide bonds. The summed E-state index contributed by atoms with van der Waals surface area (Å²) in [5, 5.41) is 13.3. The van der Waals surface area contributed by atoms with Gasteiger partial charge in [-0.3, -0.25) is 0 Å². The molecule has 3 nitrogen and oxygen atoms in total. The summed E-state index contributed by atoms with van der Waals surface area (Å²) in [4.78, 5) is 0. The molecule has 0 saturated heterocycles. The Morgan fingerprint density at radius 2 is 2.00 bits per heavy atom. The van der Waals surface area contributed by atoms with Crippen LogP contribution in [0.25, 0.3) is 0 Å². The molecular weight excluding hydrogens is 161 g/mol. The molecule has 0 fully saturated rings. The topological polar surface area (TPSA) is 41.6 Å². The van der Waals surface area contributed by atoms with Crippen LogP contribution < -0.4 is 5.59 Å². The highest BCUT2D eigenvalue weighted by molar-refractivity contribution is 6.31. The van der Waals surface area contributed by atoms with Gasteiger partial charge in [0.2, 0.25) is 0 Å². The molecule has 0 radical (unpaired) electrons. The van der Waals surface area contributed by atoms with Gasteiger partial charge in [0.15, 0.2) is 7.85 Å². The smallest absolute Gasteiger partial charge is 0.166 e. The summed E-state index contributed by atoms with van der Waals surface area (Å²) in [6, 6.07) is 2.19. The molecule has 0 bridgehead atoms. The first-order valence-electron chi connectivity index (χ1n) is 4.34. The summed E-state index contributed by atoms with van der Waals surface area (Å²) in [6.45, 7) is 8.06. The van der Waals surface area contributed by atoms with Crippen molar-refractivity contribution in [1.82, 2.24) is 9.78 Å². The lowest BCUT2D eigenvalue weighted by atomic mass is 9.99. The fourth-order valence-electron chi connectivity index (χ4n) is 1.22. The lowest BCUT2D eigenvalue weighted by Gasteiger charge is -2.20. The molecule has 4 heteroatoms. The number of rotatable bonds is 0. The molecule has 0 aromatic carbocycles. The summed E-state index contributed by atoms with van der Waals surface area (Å²) < 4.78 is 1.79. The van der Waals surface area contributed by atoms with Crippen molar-refractivity contribution in [3.63, 3.8) is 0 Å². The van der Waals surface area contributed by atoms with Gasteiger partial charge in [-0.15, -0.1) is 0 Å². The first-order chi connectivity index (χ1) is 5.88. The molecule has 0 aliphatic heterocycles. The van der Waals surface area contributed by atoms with Gasteiger partial charge in [-0.1, -0.05) is 0 Å². The van der Waals surface area contributed by atoms with Crippen LogP contribution in [0, 0.1) is 18.3 Å². The Hall–Kier alpha value is -1.24. The molecule has 0 spiro atoms. The molecule has 68 valence electrons. The van der Waals surface area contributed by atoms with Gasteiger partial charge in [0, 0.05) is 5.59 Å². The summed E-state index contributed by atoms with van der Waals surface area (Å²) in [5.74, 6) is 0. The van der Waals surface area contributed by atoms with E-state index in [1.165, 1.54) is 0 Å². The van der Waals surface area contributed by atoms with Gasteiger partial charge < -0.3 is 0 Å². The second-order valence-electron chi connectivity index (χ2n) is 4.25. The van der Waals surface area contributed by atoms with Crippen LogP contribution in [0.1, 0.15) is 32.0 Å². The van der Waals surface area contributed by atoms with Crippen LogP contribution in [0.4, 0.5) is 0 Å². The summed E-state index contributed by atoms with van der Waals surface area (Å²) in [5.41, 5.74) is 2.47. The third-order valence-corrected chi connectivity index (χ3v) is 2.10. The first kappa shape index (κ1) is 9.85. The zero-order valence-electron chi connectivity index (χ0n) is 8.84. The maximum absolute atomic E-state index is 8.97. The summed E-state index contributed by atoms with van der Waals surface area (Å²) in [7, 11) is 1.93. The van der Waals surface area contributed by atoms with Crippen LogP contribution in [0.5, 0.6) is 0 Å². The van der Waals surface area contributed by atoms with Crippen molar-refractivity contribution in [3.8, 4) is 6.07 Å². The van der Waals surface area contributed by atoms with Gasteiger partial charge >= 0.3 is 0 Å². The van der Waals surface area contributed by atoms with Gasteiger partial charge in [0.1, 0.15) is 11.8 Å². The van der Waals surface area contributed by atoms with Crippen molar-refractivity contribution < 1.29 is 0 Å². The molecule has 0 saturated carbocycles. The molecule has 1 rings (SSSR count). The average molecular weight is 175 g/mol. The van der Waals surface area contributed by atoms with Crippen molar-refractivity contribution in [1.29, 1.82) is 5.26 Å². The third-order valence-electron chi connectivity index (χ3n) is 2.10. The molecule has 0 aliphatic carbocycles. The minimum atomic E-state index is -0.121. The Bertz CT molecular complexity index is 365. The Balaban J connectivity index is 3.41. The number of hydrogen-bond donors (Lipinski definition) is 0. The van der Waals surface area contributed by atoms with E-state index >= 15 is 0 Å². The van der Waals surface area contributed by atoms with E-state index in [4.69, 9.17) is 5.26 Å². The molecule has 0 unspecified atom stereocenters. The SMILES string of the molecule is Bc1nn(C(C)(C)C)c(C#N)c1C. The third kappa shape index (κ3) is 1.60. The highest BCUT2D eigenvalue weighted by Crippen LogP contribution is 2.16. The van der Waals surface area contributed by atoms with Crippen LogP contribution in [0.2, 0.25) is 0 Å². The van der Waals surface area contributed by atoms with E-state index in [-0.39, 0.29) is 5.54 Å². The van der Waals surface area contributed by atoms with Crippen molar-refractivity contribution in [2.24, 2.45) is 0 Å². The molecule has 13 heavy (non-hydrogen) atoms. The zero-order valence-corrected chi connectivity index (χ0v) is 8.84. The Morgan fingerprint density at radius 3 is 2.31 bits per heavy atom. The predicted octanol–water partition coefficient (Wildman–Crippen LogP) is 0.0766. The van der Waals surface area contributed by atoms with E-state index < -0.39 is 0 Å². The fourth-order valence-corrected chi connectivity index (χ4v) is 1.22. The minimum absolute atomic E-state index is 0.121. The maximum Gasteiger partial charge on any atom is 0.166 e. The Morgan fingerprint density at radius 1 is 1.46 bits per heavy atom. The van der Waals surface area contributed by atoms with Crippen molar-refractivity contribution in [3.05, 3.63) is 11.3 Å². The molecular formula is C9H14BN3. The Kier molecular flexibility index (Phi) is 2.21. The molecule has 1 aromatic heterocycles.